The number of rotatable bonds is 2. The third-order valence-corrected chi connectivity index (χ3v) is 1.81. The fourth-order valence-corrected chi connectivity index (χ4v) is 1.43. The van der Waals surface area contributed by atoms with Gasteiger partial charge < -0.3 is 5.32 Å². The summed E-state index contributed by atoms with van der Waals surface area (Å²) in [6, 6.07) is 0. The molecule has 0 unspecified atom stereocenters. The second-order valence-electron chi connectivity index (χ2n) is 2.41. The van der Waals surface area contributed by atoms with E-state index in [1.807, 2.05) is 0 Å². The molecular weight excluding hydrogens is 167 g/mol. The molecular formula is C4H13N4O2P. The summed E-state index contributed by atoms with van der Waals surface area (Å²) >= 11 is 0. The predicted octanol–water partition coefficient (Wildman–Crippen LogP) is -1.15. The first-order chi connectivity index (χ1) is 5.08. The average Bonchev–Trinajstić information content (AvgIpc) is 1.85. The fraction of sp³-hybridized carbons (Fsp3) is 1.00. The van der Waals surface area contributed by atoms with Gasteiger partial charge >= 0.3 is 7.67 Å². The average molecular weight is 180 g/mol. The molecule has 66 valence electrons. The van der Waals surface area contributed by atoms with Gasteiger partial charge in [0.25, 0.3) is 0 Å². The Morgan fingerprint density at radius 3 is 2.36 bits per heavy atom. The molecule has 0 atom stereocenters. The van der Waals surface area contributed by atoms with Crippen LogP contribution in [-0.4, -0.2) is 31.2 Å². The SMILES string of the molecule is NP(N)(=O)ON1CCNCC1. The van der Waals surface area contributed by atoms with Gasteiger partial charge in [0.1, 0.15) is 0 Å². The Hall–Kier alpha value is 0.0300. The lowest BCUT2D eigenvalue weighted by Gasteiger charge is -2.26. The number of nitrogens with two attached hydrogens (primary N) is 2. The van der Waals surface area contributed by atoms with Crippen LogP contribution in [-0.2, 0) is 9.19 Å². The van der Waals surface area contributed by atoms with Crippen molar-refractivity contribution >= 4 is 7.67 Å². The monoisotopic (exact) mass is 180 g/mol. The van der Waals surface area contributed by atoms with E-state index in [0.717, 1.165) is 13.1 Å². The highest BCUT2D eigenvalue weighted by molar-refractivity contribution is 7.53. The molecule has 1 aliphatic heterocycles. The van der Waals surface area contributed by atoms with Crippen molar-refractivity contribution in [2.45, 2.75) is 0 Å². The number of nitrogens with one attached hydrogen (secondary N) is 1. The van der Waals surface area contributed by atoms with Crippen molar-refractivity contribution < 1.29 is 9.19 Å². The third-order valence-electron chi connectivity index (χ3n) is 1.32. The van der Waals surface area contributed by atoms with Crippen molar-refractivity contribution in [3.05, 3.63) is 0 Å². The van der Waals surface area contributed by atoms with Gasteiger partial charge in [0, 0.05) is 26.2 Å². The standard InChI is InChI=1S/C4H13N4O2P/c5-11(6,9)10-8-3-1-7-2-4-8/h7H,1-4H2,(H4,5,6,9). The summed E-state index contributed by atoms with van der Waals surface area (Å²) in [5, 5.41) is 4.63. The van der Waals surface area contributed by atoms with Gasteiger partial charge in [-0.05, 0) is 0 Å². The highest BCUT2D eigenvalue weighted by atomic mass is 31.2. The summed E-state index contributed by atoms with van der Waals surface area (Å²) < 4.78 is 15.5. The van der Waals surface area contributed by atoms with E-state index < -0.39 is 7.67 Å². The normalized spacial score (nSPS) is 22.0. The molecule has 1 rings (SSSR count). The van der Waals surface area contributed by atoms with E-state index in [2.05, 4.69) is 5.32 Å². The molecule has 0 radical (unpaired) electrons. The van der Waals surface area contributed by atoms with Crippen molar-refractivity contribution in [3.63, 3.8) is 0 Å². The highest BCUT2D eigenvalue weighted by Gasteiger charge is 2.17. The molecule has 0 amide bonds. The van der Waals surface area contributed by atoms with Crippen LogP contribution in [0.2, 0.25) is 0 Å². The molecule has 0 spiro atoms. The zero-order valence-electron chi connectivity index (χ0n) is 6.19. The molecule has 0 aromatic carbocycles. The van der Waals surface area contributed by atoms with E-state index in [0.29, 0.717) is 13.1 Å². The zero-order chi connectivity index (χ0) is 8.32. The maximum Gasteiger partial charge on any atom is 0.352 e. The molecule has 5 N–H and O–H groups in total. The highest BCUT2D eigenvalue weighted by Crippen LogP contribution is 2.27. The van der Waals surface area contributed by atoms with Gasteiger partial charge in [-0.1, -0.05) is 0 Å². The topological polar surface area (TPSA) is 93.6 Å². The minimum absolute atomic E-state index is 0.665. The lowest BCUT2D eigenvalue weighted by molar-refractivity contribution is -0.0641. The third kappa shape index (κ3) is 3.81. The van der Waals surface area contributed by atoms with Gasteiger partial charge in [0.2, 0.25) is 0 Å². The Morgan fingerprint density at radius 1 is 1.36 bits per heavy atom. The summed E-state index contributed by atoms with van der Waals surface area (Å²) in [7, 11) is -3.34. The largest absolute Gasteiger partial charge is 0.352 e. The molecule has 0 aliphatic carbocycles. The molecule has 0 aromatic heterocycles. The van der Waals surface area contributed by atoms with Crippen molar-refractivity contribution in [2.75, 3.05) is 26.2 Å². The molecule has 6 nitrogen and oxygen atoms in total. The van der Waals surface area contributed by atoms with Gasteiger partial charge in [-0.3, -0.25) is 4.57 Å². The first-order valence-electron chi connectivity index (χ1n) is 3.40. The van der Waals surface area contributed by atoms with Crippen LogP contribution in [0.5, 0.6) is 0 Å². The van der Waals surface area contributed by atoms with Crippen LogP contribution in [0, 0.1) is 0 Å². The summed E-state index contributed by atoms with van der Waals surface area (Å²) in [6.07, 6.45) is 0. The Labute approximate surface area is 65.4 Å². The van der Waals surface area contributed by atoms with Crippen LogP contribution < -0.4 is 16.3 Å². The van der Waals surface area contributed by atoms with Crippen LogP contribution in [0.25, 0.3) is 0 Å². The number of hydrogen-bond acceptors (Lipinski definition) is 4. The Bertz CT molecular complexity index is 163. The second kappa shape index (κ2) is 3.62. The molecule has 11 heavy (non-hydrogen) atoms. The van der Waals surface area contributed by atoms with E-state index in [1.54, 1.807) is 0 Å². The van der Waals surface area contributed by atoms with Crippen molar-refractivity contribution in [1.29, 1.82) is 0 Å². The van der Waals surface area contributed by atoms with E-state index in [-0.39, 0.29) is 0 Å². The second-order valence-corrected chi connectivity index (χ2v) is 3.86. The molecule has 0 bridgehead atoms. The van der Waals surface area contributed by atoms with Crippen molar-refractivity contribution in [1.82, 2.24) is 10.4 Å². The zero-order valence-corrected chi connectivity index (χ0v) is 7.09. The number of piperazine rings is 1. The minimum Gasteiger partial charge on any atom is -0.314 e. The van der Waals surface area contributed by atoms with Gasteiger partial charge in [0.15, 0.2) is 0 Å². The van der Waals surface area contributed by atoms with Crippen molar-refractivity contribution in [3.8, 4) is 0 Å². The minimum atomic E-state index is -3.34. The molecule has 1 heterocycles. The molecule has 1 aliphatic rings. The van der Waals surface area contributed by atoms with E-state index in [1.165, 1.54) is 5.06 Å². The van der Waals surface area contributed by atoms with Crippen LogP contribution in [0.4, 0.5) is 0 Å². The maximum atomic E-state index is 10.8. The molecule has 1 fully saturated rings. The smallest absolute Gasteiger partial charge is 0.314 e. The first-order valence-corrected chi connectivity index (χ1v) is 5.17. The lowest BCUT2D eigenvalue weighted by Crippen LogP contribution is -2.43. The number of hydroxylamine groups is 2. The maximum absolute atomic E-state index is 10.8. The molecule has 0 aromatic rings. The predicted molar refractivity (Wildman–Crippen MR) is 41.5 cm³/mol. The lowest BCUT2D eigenvalue weighted by atomic mass is 10.4. The summed E-state index contributed by atoms with van der Waals surface area (Å²) in [5.74, 6) is 0. The van der Waals surface area contributed by atoms with Crippen LogP contribution in [0.15, 0.2) is 0 Å². The van der Waals surface area contributed by atoms with Crippen molar-refractivity contribution in [2.24, 2.45) is 11.0 Å². The Balaban J connectivity index is 2.30. The quantitative estimate of drug-likeness (QED) is 0.464. The first kappa shape index (κ1) is 9.12. The van der Waals surface area contributed by atoms with E-state index in [9.17, 15) is 4.57 Å². The summed E-state index contributed by atoms with van der Waals surface area (Å²) in [4.78, 5) is 0. The van der Waals surface area contributed by atoms with E-state index >= 15 is 0 Å². The summed E-state index contributed by atoms with van der Waals surface area (Å²) in [6.45, 7) is 2.94. The Kier molecular flexibility index (Phi) is 3.00. The van der Waals surface area contributed by atoms with Gasteiger partial charge in [0.05, 0.1) is 0 Å². The van der Waals surface area contributed by atoms with Crippen LogP contribution in [0.1, 0.15) is 0 Å². The number of nitrogens with zero attached hydrogens (tertiary/aromatic N) is 1. The molecule has 0 saturated carbocycles. The van der Waals surface area contributed by atoms with E-state index in [4.69, 9.17) is 15.6 Å². The van der Waals surface area contributed by atoms with Crippen LogP contribution in [0.3, 0.4) is 0 Å². The fourth-order valence-electron chi connectivity index (χ4n) is 0.906. The number of hydrogen-bond donors (Lipinski definition) is 3. The van der Waals surface area contributed by atoms with Gasteiger partial charge in [-0.25, -0.2) is 15.6 Å². The van der Waals surface area contributed by atoms with Gasteiger partial charge in [-0.2, -0.15) is 5.06 Å². The van der Waals surface area contributed by atoms with Crippen LogP contribution >= 0.6 is 7.67 Å². The van der Waals surface area contributed by atoms with Gasteiger partial charge in [-0.15, -0.1) is 0 Å². The Morgan fingerprint density at radius 2 is 1.91 bits per heavy atom. The molecule has 1 saturated heterocycles. The summed E-state index contributed by atoms with van der Waals surface area (Å²) in [5.41, 5.74) is 10.0. The molecule has 7 heteroatoms.